The van der Waals surface area contributed by atoms with E-state index in [1.54, 1.807) is 0 Å². The van der Waals surface area contributed by atoms with E-state index in [1.165, 1.54) is 30.6 Å². The first kappa shape index (κ1) is 17.5. The Balaban J connectivity index is 5.73. The Morgan fingerprint density at radius 1 is 0.529 bits per heavy atom. The van der Waals surface area contributed by atoms with Gasteiger partial charge in [-0.1, -0.05) is 30.6 Å². The molecule has 0 aromatic carbocycles. The molecule has 0 aliphatic heterocycles. The van der Waals surface area contributed by atoms with Gasteiger partial charge < -0.3 is 0 Å². The normalized spacial score (nSPS) is 16.2. The van der Waals surface area contributed by atoms with Crippen LogP contribution in [0.2, 0.25) is 0 Å². The minimum atomic E-state index is -6.72. The van der Waals surface area contributed by atoms with E-state index in [9.17, 15) is 43.9 Å². The van der Waals surface area contributed by atoms with E-state index in [1.807, 2.05) is 0 Å². The third-order valence-electron chi connectivity index (χ3n) is 1.50. The number of hydrogen-bond donors (Lipinski definition) is 0. The molecule has 0 aliphatic rings. The van der Waals surface area contributed by atoms with Crippen LogP contribution in [0.3, 0.4) is 0 Å². The summed E-state index contributed by atoms with van der Waals surface area (Å²) in [5.74, 6) is 0. The summed E-state index contributed by atoms with van der Waals surface area (Å²) in [4.78, 5) is 0. The van der Waals surface area contributed by atoms with E-state index in [2.05, 4.69) is 0 Å². The highest BCUT2D eigenvalue weighted by atomic mass is 79.9. The van der Waals surface area contributed by atoms with E-state index in [4.69, 9.17) is 0 Å². The Morgan fingerprint density at radius 2 is 0.706 bits per heavy atom. The fourth-order valence-electron chi connectivity index (χ4n) is 0.553. The maximum absolute atomic E-state index is 12.6. The standard InChI is InChI=1S/C4Br2F10Si/c5-17(6,3(13,14)1(7,8)9)4(15,16)2(10,11)12. The van der Waals surface area contributed by atoms with Gasteiger partial charge in [-0.05, 0) is 0 Å². The van der Waals surface area contributed by atoms with E-state index in [0.29, 0.717) is 0 Å². The zero-order chi connectivity index (χ0) is 14.5. The van der Waals surface area contributed by atoms with Crippen molar-refractivity contribution in [2.45, 2.75) is 23.4 Å². The van der Waals surface area contributed by atoms with Gasteiger partial charge in [-0.3, -0.25) is 0 Å². The summed E-state index contributed by atoms with van der Waals surface area (Å²) in [5, 5.41) is -6.72. The fraction of sp³-hybridized carbons (Fsp3) is 1.00. The predicted octanol–water partition coefficient (Wildman–Crippen LogP) is 4.69. The quantitative estimate of drug-likeness (QED) is 0.342. The van der Waals surface area contributed by atoms with Crippen LogP contribution in [0.15, 0.2) is 0 Å². The highest BCUT2D eigenvalue weighted by Crippen LogP contribution is 2.58. The van der Waals surface area contributed by atoms with Crippen molar-refractivity contribution >= 4 is 35.9 Å². The summed E-state index contributed by atoms with van der Waals surface area (Å²) in [6.45, 7) is 0. The molecule has 0 aromatic heterocycles. The summed E-state index contributed by atoms with van der Waals surface area (Å²) in [6.07, 6.45) is -13.1. The number of halogens is 12. The van der Waals surface area contributed by atoms with Crippen LogP contribution in [0.25, 0.3) is 0 Å². The molecule has 0 aliphatic carbocycles. The van der Waals surface area contributed by atoms with E-state index in [0.717, 1.165) is 0 Å². The molecule has 0 fully saturated rings. The van der Waals surface area contributed by atoms with E-state index < -0.39 is 28.8 Å². The van der Waals surface area contributed by atoms with Crippen LogP contribution >= 0.6 is 30.6 Å². The lowest BCUT2D eigenvalue weighted by Gasteiger charge is -2.35. The zero-order valence-electron chi connectivity index (χ0n) is 7.04. The van der Waals surface area contributed by atoms with Crippen molar-refractivity contribution in [2.75, 3.05) is 0 Å². The molecular formula is C4Br2F10Si. The minimum Gasteiger partial charge on any atom is -0.199 e. The molecule has 0 radical (unpaired) electrons. The van der Waals surface area contributed by atoms with Gasteiger partial charge in [0.05, 0.1) is 0 Å². The second-order valence-electron chi connectivity index (χ2n) is 2.72. The van der Waals surface area contributed by atoms with Crippen LogP contribution in [0.1, 0.15) is 0 Å². The molecule has 0 atom stereocenters. The van der Waals surface area contributed by atoms with Crippen LogP contribution in [0, 0.1) is 0 Å². The van der Waals surface area contributed by atoms with Crippen LogP contribution in [0.5, 0.6) is 0 Å². The second-order valence-corrected chi connectivity index (χ2v) is 15.5. The molecule has 0 amide bonds. The average molecular weight is 426 g/mol. The van der Waals surface area contributed by atoms with Crippen molar-refractivity contribution in [1.82, 2.24) is 0 Å². The first-order valence-corrected chi connectivity index (χ1v) is 9.78. The summed E-state index contributed by atoms with van der Waals surface area (Å²) >= 11 is 2.42. The van der Waals surface area contributed by atoms with Crippen LogP contribution < -0.4 is 0 Å². The molecule has 0 heterocycles. The van der Waals surface area contributed by atoms with Gasteiger partial charge in [0, 0.05) is 0 Å². The molecule has 0 spiro atoms. The van der Waals surface area contributed by atoms with Gasteiger partial charge in [0.25, 0.3) is 0 Å². The number of alkyl halides is 10. The van der Waals surface area contributed by atoms with Gasteiger partial charge in [0.15, 0.2) is 0 Å². The lowest BCUT2D eigenvalue weighted by atomic mass is 10.7. The Morgan fingerprint density at radius 3 is 0.824 bits per heavy atom. The smallest absolute Gasteiger partial charge is 0.199 e. The second kappa shape index (κ2) is 4.25. The molecular weight excluding hydrogens is 426 g/mol. The molecule has 0 unspecified atom stereocenters. The summed E-state index contributed by atoms with van der Waals surface area (Å²) in [7, 11) is 0. The zero-order valence-corrected chi connectivity index (χ0v) is 11.2. The fourth-order valence-corrected chi connectivity index (χ4v) is 4.36. The first-order valence-electron chi connectivity index (χ1n) is 3.27. The van der Waals surface area contributed by atoms with Crippen molar-refractivity contribution in [3.63, 3.8) is 0 Å². The minimum absolute atomic E-state index is 1.21. The summed E-state index contributed by atoms with van der Waals surface area (Å²) in [5.41, 5.74) is -12.4. The lowest BCUT2D eigenvalue weighted by molar-refractivity contribution is -0.270. The van der Waals surface area contributed by atoms with Crippen LogP contribution in [-0.4, -0.2) is 28.8 Å². The monoisotopic (exact) mass is 424 g/mol. The van der Waals surface area contributed by atoms with Crippen molar-refractivity contribution < 1.29 is 43.9 Å². The first-order chi connectivity index (χ1) is 7.00. The van der Waals surface area contributed by atoms with Gasteiger partial charge in [0.1, 0.15) is 0 Å². The van der Waals surface area contributed by atoms with Crippen molar-refractivity contribution in [2.24, 2.45) is 0 Å². The van der Waals surface area contributed by atoms with Gasteiger partial charge in [-0.2, -0.15) is 43.9 Å². The third-order valence-corrected chi connectivity index (χ3v) is 9.62. The third kappa shape index (κ3) is 2.60. The Labute approximate surface area is 104 Å². The molecule has 17 heavy (non-hydrogen) atoms. The molecule has 13 heteroatoms. The summed E-state index contributed by atoms with van der Waals surface area (Å²) < 4.78 is 121. The maximum atomic E-state index is 12.6. The van der Waals surface area contributed by atoms with Crippen LogP contribution in [-0.2, 0) is 0 Å². The molecule has 0 aromatic rings. The highest BCUT2D eigenvalue weighted by molar-refractivity contribution is 9.51. The largest absolute Gasteiger partial charge is 0.451 e. The molecule has 0 N–H and O–H groups in total. The molecule has 0 saturated carbocycles. The SMILES string of the molecule is FC(F)(F)C(F)(F)[Si](Br)(Br)C(F)(F)C(F)(F)F. The van der Waals surface area contributed by atoms with Crippen molar-refractivity contribution in [3.05, 3.63) is 0 Å². The van der Waals surface area contributed by atoms with Gasteiger partial charge >= 0.3 is 28.8 Å². The van der Waals surface area contributed by atoms with E-state index >= 15 is 0 Å². The number of hydrogen-bond acceptors (Lipinski definition) is 0. The molecule has 0 saturated heterocycles. The van der Waals surface area contributed by atoms with E-state index in [-0.39, 0.29) is 0 Å². The van der Waals surface area contributed by atoms with Crippen molar-refractivity contribution in [1.29, 1.82) is 0 Å². The maximum Gasteiger partial charge on any atom is 0.451 e. The Bertz CT molecular complexity index is 262. The Kier molecular flexibility index (Phi) is 4.37. The molecule has 0 nitrogen and oxygen atoms in total. The average Bonchev–Trinajstić information content (AvgIpc) is 1.98. The highest BCUT2D eigenvalue weighted by Gasteiger charge is 2.85. The van der Waals surface area contributed by atoms with Crippen LogP contribution in [0.4, 0.5) is 43.9 Å². The Hall–Kier alpha value is 0.477. The van der Waals surface area contributed by atoms with Gasteiger partial charge in [-0.25, -0.2) is 0 Å². The molecule has 0 rings (SSSR count). The lowest BCUT2D eigenvalue weighted by Crippen LogP contribution is -2.67. The van der Waals surface area contributed by atoms with Gasteiger partial charge in [0.2, 0.25) is 0 Å². The predicted molar refractivity (Wildman–Crippen MR) is 45.6 cm³/mol. The molecule has 104 valence electrons. The van der Waals surface area contributed by atoms with Crippen molar-refractivity contribution in [3.8, 4) is 0 Å². The summed E-state index contributed by atoms with van der Waals surface area (Å²) in [6, 6.07) is 0. The molecule has 0 bridgehead atoms. The number of rotatable bonds is 2. The van der Waals surface area contributed by atoms with Gasteiger partial charge in [-0.15, -0.1) is 0 Å². The topological polar surface area (TPSA) is 0 Å².